The van der Waals surface area contributed by atoms with Crippen molar-refractivity contribution in [2.24, 2.45) is 5.92 Å². The smallest absolute Gasteiger partial charge is 0.407 e. The van der Waals surface area contributed by atoms with Gasteiger partial charge in [0.2, 0.25) is 0 Å². The molecule has 0 aromatic rings. The van der Waals surface area contributed by atoms with Crippen molar-refractivity contribution >= 4 is 18.7 Å². The number of aliphatic hydroxyl groups is 1. The zero-order valence-corrected chi connectivity index (χ0v) is 11.7. The predicted molar refractivity (Wildman–Crippen MR) is 70.4 cm³/mol. The molecule has 0 unspecified atom stereocenters. The lowest BCUT2D eigenvalue weighted by Gasteiger charge is -2.21. The second kappa shape index (κ2) is 5.96. The summed E-state index contributed by atoms with van der Waals surface area (Å²) < 4.78 is 5.12. The molecule has 1 aliphatic carbocycles. The van der Waals surface area contributed by atoms with E-state index in [1.54, 1.807) is 0 Å². The monoisotopic (exact) mass is 261 g/mol. The number of rotatable bonds is 3. The predicted octanol–water partition coefficient (Wildman–Crippen LogP) is 1.97. The van der Waals surface area contributed by atoms with Gasteiger partial charge in [0, 0.05) is 11.8 Å². The molecule has 0 aromatic heterocycles. The van der Waals surface area contributed by atoms with Gasteiger partial charge >= 0.3 is 6.09 Å². The summed E-state index contributed by atoms with van der Waals surface area (Å²) in [7, 11) is 0. The van der Waals surface area contributed by atoms with Crippen LogP contribution in [0.5, 0.6) is 0 Å². The second-order valence-electron chi connectivity index (χ2n) is 5.61. The summed E-state index contributed by atoms with van der Waals surface area (Å²) >= 11 is 4.30. The SMILES string of the molecule is CC(C)(C)OC(=O)NCC[C@H]1CC[C@H](S)[C@H]1O. The van der Waals surface area contributed by atoms with Gasteiger partial charge in [-0.2, -0.15) is 12.6 Å². The Labute approximate surface area is 109 Å². The summed E-state index contributed by atoms with van der Waals surface area (Å²) in [6.07, 6.45) is 1.95. The topological polar surface area (TPSA) is 58.6 Å². The zero-order valence-electron chi connectivity index (χ0n) is 10.8. The van der Waals surface area contributed by atoms with Crippen LogP contribution in [0.3, 0.4) is 0 Å². The number of carbonyl (C=O) groups is 1. The molecule has 3 atom stereocenters. The Balaban J connectivity index is 2.18. The highest BCUT2D eigenvalue weighted by Crippen LogP contribution is 2.31. The van der Waals surface area contributed by atoms with Crippen LogP contribution in [0, 0.1) is 5.92 Å². The normalized spacial score (nSPS) is 29.1. The molecule has 0 spiro atoms. The molecule has 1 amide bonds. The van der Waals surface area contributed by atoms with E-state index in [1.807, 2.05) is 20.8 Å². The Morgan fingerprint density at radius 2 is 2.12 bits per heavy atom. The van der Waals surface area contributed by atoms with E-state index in [1.165, 1.54) is 0 Å². The highest BCUT2D eigenvalue weighted by atomic mass is 32.1. The standard InChI is InChI=1S/C12H23NO3S/c1-12(2,3)16-11(15)13-7-6-8-4-5-9(17)10(8)14/h8-10,14,17H,4-7H2,1-3H3,(H,13,15)/t8-,9+,10+/m1/s1. The highest BCUT2D eigenvalue weighted by Gasteiger charge is 2.31. The molecule has 2 N–H and O–H groups in total. The van der Waals surface area contributed by atoms with Crippen molar-refractivity contribution in [3.05, 3.63) is 0 Å². The van der Waals surface area contributed by atoms with Crippen molar-refractivity contribution in [2.45, 2.75) is 57.0 Å². The fourth-order valence-electron chi connectivity index (χ4n) is 2.03. The van der Waals surface area contributed by atoms with Crippen molar-refractivity contribution in [1.29, 1.82) is 0 Å². The number of thiol groups is 1. The molecule has 1 rings (SSSR count). The third-order valence-electron chi connectivity index (χ3n) is 2.89. The number of hydrogen-bond acceptors (Lipinski definition) is 4. The molecule has 5 heteroatoms. The van der Waals surface area contributed by atoms with Crippen LogP contribution in [0.15, 0.2) is 0 Å². The number of alkyl carbamates (subject to hydrolysis) is 1. The zero-order chi connectivity index (χ0) is 13.1. The van der Waals surface area contributed by atoms with E-state index in [0.717, 1.165) is 19.3 Å². The van der Waals surface area contributed by atoms with E-state index < -0.39 is 11.7 Å². The van der Waals surface area contributed by atoms with E-state index in [4.69, 9.17) is 4.74 Å². The Morgan fingerprint density at radius 1 is 1.47 bits per heavy atom. The Bertz CT molecular complexity index is 265. The molecule has 0 bridgehead atoms. The van der Waals surface area contributed by atoms with Crippen molar-refractivity contribution in [2.75, 3.05) is 6.54 Å². The molecule has 17 heavy (non-hydrogen) atoms. The number of nitrogens with one attached hydrogen (secondary N) is 1. The minimum absolute atomic E-state index is 0.0847. The number of carbonyl (C=O) groups excluding carboxylic acids is 1. The average molecular weight is 261 g/mol. The summed E-state index contributed by atoms with van der Waals surface area (Å²) in [5, 5.41) is 12.6. The molecule has 1 saturated carbocycles. The van der Waals surface area contributed by atoms with Gasteiger partial charge in [-0.25, -0.2) is 4.79 Å². The third kappa shape index (κ3) is 5.17. The lowest BCUT2D eigenvalue weighted by molar-refractivity contribution is 0.0518. The Hall–Kier alpha value is -0.420. The van der Waals surface area contributed by atoms with E-state index in [-0.39, 0.29) is 17.3 Å². The number of hydrogen-bond donors (Lipinski definition) is 3. The summed E-state index contributed by atoms with van der Waals surface area (Å²) in [4.78, 5) is 11.4. The van der Waals surface area contributed by atoms with Crippen LogP contribution in [0.4, 0.5) is 4.79 Å². The van der Waals surface area contributed by atoms with Crippen LogP contribution in [0.1, 0.15) is 40.0 Å². The fraction of sp³-hybridized carbons (Fsp3) is 0.917. The van der Waals surface area contributed by atoms with Gasteiger partial charge < -0.3 is 15.2 Å². The van der Waals surface area contributed by atoms with Crippen molar-refractivity contribution in [3.8, 4) is 0 Å². The van der Waals surface area contributed by atoms with Crippen LogP contribution in [-0.4, -0.2) is 34.7 Å². The summed E-state index contributed by atoms with van der Waals surface area (Å²) in [5.74, 6) is 0.243. The largest absolute Gasteiger partial charge is 0.444 e. The van der Waals surface area contributed by atoms with Crippen LogP contribution >= 0.6 is 12.6 Å². The second-order valence-corrected chi connectivity index (χ2v) is 6.28. The number of amides is 1. The quantitative estimate of drug-likeness (QED) is 0.681. The Kier molecular flexibility index (Phi) is 5.13. The van der Waals surface area contributed by atoms with Gasteiger partial charge in [-0.1, -0.05) is 0 Å². The highest BCUT2D eigenvalue weighted by molar-refractivity contribution is 7.81. The minimum Gasteiger partial charge on any atom is -0.444 e. The molecule has 0 saturated heterocycles. The molecule has 0 radical (unpaired) electrons. The van der Waals surface area contributed by atoms with Gasteiger partial charge in [-0.15, -0.1) is 0 Å². The van der Waals surface area contributed by atoms with Gasteiger partial charge in [0.15, 0.2) is 0 Å². The van der Waals surface area contributed by atoms with Crippen molar-refractivity contribution in [3.63, 3.8) is 0 Å². The van der Waals surface area contributed by atoms with Crippen LogP contribution in [0.25, 0.3) is 0 Å². The van der Waals surface area contributed by atoms with Gasteiger partial charge in [0.25, 0.3) is 0 Å². The first kappa shape index (κ1) is 14.6. The van der Waals surface area contributed by atoms with E-state index >= 15 is 0 Å². The summed E-state index contributed by atoms with van der Waals surface area (Å²) in [5.41, 5.74) is -0.465. The van der Waals surface area contributed by atoms with Crippen molar-refractivity contribution in [1.82, 2.24) is 5.32 Å². The first-order chi connectivity index (χ1) is 7.79. The maximum Gasteiger partial charge on any atom is 0.407 e. The van der Waals surface area contributed by atoms with Gasteiger partial charge in [-0.3, -0.25) is 0 Å². The van der Waals surface area contributed by atoms with E-state index in [0.29, 0.717) is 6.54 Å². The molecule has 4 nitrogen and oxygen atoms in total. The molecular formula is C12H23NO3S. The van der Waals surface area contributed by atoms with E-state index in [9.17, 15) is 9.90 Å². The van der Waals surface area contributed by atoms with Gasteiger partial charge in [0.05, 0.1) is 6.10 Å². The lowest BCUT2D eigenvalue weighted by Crippen LogP contribution is -2.34. The van der Waals surface area contributed by atoms with Crippen LogP contribution in [0.2, 0.25) is 0 Å². The van der Waals surface area contributed by atoms with Gasteiger partial charge in [-0.05, 0) is 46.0 Å². The average Bonchev–Trinajstić information content (AvgIpc) is 2.46. The maximum absolute atomic E-state index is 11.4. The molecule has 1 aliphatic rings. The number of aliphatic hydroxyl groups excluding tert-OH is 1. The third-order valence-corrected chi connectivity index (χ3v) is 3.46. The summed E-state index contributed by atoms with van der Waals surface area (Å²) in [6.45, 7) is 6.04. The number of ether oxygens (including phenoxy) is 1. The molecule has 0 heterocycles. The molecule has 1 fully saturated rings. The summed E-state index contributed by atoms with van der Waals surface area (Å²) in [6, 6.07) is 0. The Morgan fingerprint density at radius 3 is 2.59 bits per heavy atom. The maximum atomic E-state index is 11.4. The van der Waals surface area contributed by atoms with Gasteiger partial charge in [0.1, 0.15) is 5.60 Å². The lowest BCUT2D eigenvalue weighted by atomic mass is 10.0. The van der Waals surface area contributed by atoms with Crippen LogP contribution in [-0.2, 0) is 4.74 Å². The first-order valence-corrected chi connectivity index (χ1v) is 6.64. The molecular weight excluding hydrogens is 238 g/mol. The minimum atomic E-state index is -0.465. The van der Waals surface area contributed by atoms with E-state index in [2.05, 4.69) is 17.9 Å². The fourth-order valence-corrected chi connectivity index (χ4v) is 2.42. The first-order valence-electron chi connectivity index (χ1n) is 6.12. The molecule has 100 valence electrons. The van der Waals surface area contributed by atoms with Crippen molar-refractivity contribution < 1.29 is 14.6 Å². The van der Waals surface area contributed by atoms with Crippen LogP contribution < -0.4 is 5.32 Å². The molecule has 0 aliphatic heterocycles. The molecule has 0 aromatic carbocycles.